The minimum atomic E-state index is -0.339. The smallest absolute Gasteiger partial charge is 0.254 e. The van der Waals surface area contributed by atoms with E-state index in [0.717, 1.165) is 19.3 Å². The molecule has 2 N–H and O–H groups in total. The molecule has 2 amide bonds. The lowest BCUT2D eigenvalue weighted by atomic mass is 9.92. The SMILES string of the molecule is C[C@H]1CC[C@H](C(N)=O)CN1C(=O)c1ccc2c(c1)OCCCO2. The molecule has 124 valence electrons. The average Bonchev–Trinajstić information content (AvgIpc) is 2.79. The lowest BCUT2D eigenvalue weighted by Gasteiger charge is -2.37. The van der Waals surface area contributed by atoms with Gasteiger partial charge in [-0.1, -0.05) is 0 Å². The predicted molar refractivity (Wildman–Crippen MR) is 84.5 cm³/mol. The van der Waals surface area contributed by atoms with E-state index in [4.69, 9.17) is 15.2 Å². The molecule has 2 heterocycles. The molecule has 1 aromatic carbocycles. The zero-order valence-corrected chi connectivity index (χ0v) is 13.3. The van der Waals surface area contributed by atoms with Crippen LogP contribution < -0.4 is 15.2 Å². The van der Waals surface area contributed by atoms with Gasteiger partial charge in [0.1, 0.15) is 0 Å². The highest BCUT2D eigenvalue weighted by Gasteiger charge is 2.32. The van der Waals surface area contributed by atoms with Crippen LogP contribution in [-0.4, -0.2) is 42.5 Å². The number of fused-ring (bicyclic) bond motifs is 1. The Morgan fingerprint density at radius 3 is 2.65 bits per heavy atom. The van der Waals surface area contributed by atoms with Crippen LogP contribution in [0.1, 0.15) is 36.5 Å². The molecule has 0 aromatic heterocycles. The quantitative estimate of drug-likeness (QED) is 0.897. The number of piperidine rings is 1. The van der Waals surface area contributed by atoms with Crippen LogP contribution in [0.4, 0.5) is 0 Å². The molecule has 0 bridgehead atoms. The molecule has 23 heavy (non-hydrogen) atoms. The van der Waals surface area contributed by atoms with Gasteiger partial charge < -0.3 is 20.1 Å². The first-order valence-corrected chi connectivity index (χ1v) is 8.06. The normalized spacial score (nSPS) is 24.0. The van der Waals surface area contributed by atoms with Gasteiger partial charge in [0.25, 0.3) is 5.91 Å². The summed E-state index contributed by atoms with van der Waals surface area (Å²) in [5.74, 6) is 0.563. The first-order valence-electron chi connectivity index (χ1n) is 8.06. The molecule has 3 rings (SSSR count). The molecule has 0 aliphatic carbocycles. The molecule has 0 saturated carbocycles. The third kappa shape index (κ3) is 3.25. The van der Waals surface area contributed by atoms with Gasteiger partial charge in [-0.05, 0) is 38.0 Å². The number of benzene rings is 1. The lowest BCUT2D eigenvalue weighted by molar-refractivity contribution is -0.123. The van der Waals surface area contributed by atoms with Crippen molar-refractivity contribution in [3.8, 4) is 11.5 Å². The standard InChI is InChI=1S/C17H22N2O4/c1-11-3-4-13(16(18)20)10-19(11)17(21)12-5-6-14-15(9-12)23-8-2-7-22-14/h5-6,9,11,13H,2-4,7-8,10H2,1H3,(H2,18,20)/t11-,13-/m0/s1. The van der Waals surface area contributed by atoms with Crippen molar-refractivity contribution in [2.24, 2.45) is 11.7 Å². The molecule has 2 aliphatic heterocycles. The van der Waals surface area contributed by atoms with Gasteiger partial charge in [-0.3, -0.25) is 9.59 Å². The van der Waals surface area contributed by atoms with Crippen molar-refractivity contribution in [2.45, 2.75) is 32.2 Å². The minimum Gasteiger partial charge on any atom is -0.490 e. The Balaban J connectivity index is 1.81. The maximum atomic E-state index is 12.8. The molecule has 0 radical (unpaired) electrons. The molecule has 1 fully saturated rings. The number of amides is 2. The van der Waals surface area contributed by atoms with E-state index >= 15 is 0 Å². The number of hydrogen-bond donors (Lipinski definition) is 1. The molecule has 0 spiro atoms. The third-order valence-corrected chi connectivity index (χ3v) is 4.54. The maximum absolute atomic E-state index is 12.8. The van der Waals surface area contributed by atoms with Gasteiger partial charge in [0, 0.05) is 24.6 Å². The van der Waals surface area contributed by atoms with Gasteiger partial charge in [-0.2, -0.15) is 0 Å². The Bertz CT molecular complexity index is 617. The maximum Gasteiger partial charge on any atom is 0.254 e. The van der Waals surface area contributed by atoms with Gasteiger partial charge in [0.15, 0.2) is 11.5 Å². The predicted octanol–water partition coefficient (Wildman–Crippen LogP) is 1.57. The van der Waals surface area contributed by atoms with Crippen molar-refractivity contribution in [1.29, 1.82) is 0 Å². The largest absolute Gasteiger partial charge is 0.490 e. The van der Waals surface area contributed by atoms with Crippen LogP contribution in [0.2, 0.25) is 0 Å². The second-order valence-electron chi connectivity index (χ2n) is 6.20. The summed E-state index contributed by atoms with van der Waals surface area (Å²) < 4.78 is 11.2. The highest BCUT2D eigenvalue weighted by atomic mass is 16.5. The summed E-state index contributed by atoms with van der Waals surface area (Å²) in [5, 5.41) is 0. The van der Waals surface area contributed by atoms with E-state index in [1.807, 2.05) is 6.92 Å². The molecule has 2 aliphatic rings. The van der Waals surface area contributed by atoms with Crippen LogP contribution in [0.5, 0.6) is 11.5 Å². The average molecular weight is 318 g/mol. The van der Waals surface area contributed by atoms with E-state index in [-0.39, 0.29) is 23.8 Å². The Kier molecular flexibility index (Phi) is 4.41. The van der Waals surface area contributed by atoms with E-state index in [9.17, 15) is 9.59 Å². The van der Waals surface area contributed by atoms with Gasteiger partial charge in [-0.25, -0.2) is 0 Å². The van der Waals surface area contributed by atoms with Crippen molar-refractivity contribution in [3.05, 3.63) is 23.8 Å². The Labute approximate surface area is 135 Å². The van der Waals surface area contributed by atoms with Crippen molar-refractivity contribution >= 4 is 11.8 Å². The van der Waals surface area contributed by atoms with Crippen LogP contribution in [0.3, 0.4) is 0 Å². The fraction of sp³-hybridized carbons (Fsp3) is 0.529. The molecule has 1 saturated heterocycles. The summed E-state index contributed by atoms with van der Waals surface area (Å²) in [6, 6.07) is 5.34. The number of nitrogens with two attached hydrogens (primary N) is 1. The third-order valence-electron chi connectivity index (χ3n) is 4.54. The van der Waals surface area contributed by atoms with Crippen LogP contribution in [0, 0.1) is 5.92 Å². The van der Waals surface area contributed by atoms with Crippen LogP contribution >= 0.6 is 0 Å². The summed E-state index contributed by atoms with van der Waals surface area (Å²) in [6.45, 7) is 3.57. The number of primary amides is 1. The first kappa shape index (κ1) is 15.6. The number of nitrogens with zero attached hydrogens (tertiary/aromatic N) is 1. The van der Waals surface area contributed by atoms with Crippen molar-refractivity contribution < 1.29 is 19.1 Å². The number of carbonyl (C=O) groups excluding carboxylic acids is 2. The van der Waals surface area contributed by atoms with Crippen LogP contribution in [0.15, 0.2) is 18.2 Å². The topological polar surface area (TPSA) is 81.9 Å². The fourth-order valence-electron chi connectivity index (χ4n) is 3.08. The molecule has 0 unspecified atom stereocenters. The van der Waals surface area contributed by atoms with Crippen molar-refractivity contribution in [2.75, 3.05) is 19.8 Å². The highest BCUT2D eigenvalue weighted by molar-refractivity contribution is 5.95. The molecule has 2 atom stereocenters. The van der Waals surface area contributed by atoms with E-state index in [1.165, 1.54) is 0 Å². The second kappa shape index (κ2) is 6.48. The summed E-state index contributed by atoms with van der Waals surface area (Å²) >= 11 is 0. The second-order valence-corrected chi connectivity index (χ2v) is 6.20. The van der Waals surface area contributed by atoms with Gasteiger partial charge in [0.2, 0.25) is 5.91 Å². The van der Waals surface area contributed by atoms with E-state index in [2.05, 4.69) is 0 Å². The number of ether oxygens (including phenoxy) is 2. The first-order chi connectivity index (χ1) is 11.1. The highest BCUT2D eigenvalue weighted by Crippen LogP contribution is 2.32. The van der Waals surface area contributed by atoms with Crippen molar-refractivity contribution in [3.63, 3.8) is 0 Å². The van der Waals surface area contributed by atoms with Gasteiger partial charge >= 0.3 is 0 Å². The molecule has 6 nitrogen and oxygen atoms in total. The van der Waals surface area contributed by atoms with Gasteiger partial charge in [0.05, 0.1) is 19.1 Å². The number of hydrogen-bond acceptors (Lipinski definition) is 4. The minimum absolute atomic E-state index is 0.0917. The van der Waals surface area contributed by atoms with E-state index in [1.54, 1.807) is 23.1 Å². The summed E-state index contributed by atoms with van der Waals surface area (Å²) in [7, 11) is 0. The summed E-state index contributed by atoms with van der Waals surface area (Å²) in [4.78, 5) is 26.0. The Morgan fingerprint density at radius 1 is 1.17 bits per heavy atom. The van der Waals surface area contributed by atoms with E-state index in [0.29, 0.717) is 36.8 Å². The zero-order chi connectivity index (χ0) is 16.4. The summed E-state index contributed by atoms with van der Waals surface area (Å²) in [6.07, 6.45) is 2.34. The summed E-state index contributed by atoms with van der Waals surface area (Å²) in [5.41, 5.74) is 5.96. The molecular formula is C17H22N2O4. The molecule has 1 aromatic rings. The number of rotatable bonds is 2. The lowest BCUT2D eigenvalue weighted by Crippen LogP contribution is -2.48. The van der Waals surface area contributed by atoms with Crippen LogP contribution in [0.25, 0.3) is 0 Å². The molecule has 6 heteroatoms. The van der Waals surface area contributed by atoms with Crippen LogP contribution in [-0.2, 0) is 4.79 Å². The Hall–Kier alpha value is -2.24. The molecular weight excluding hydrogens is 296 g/mol. The monoisotopic (exact) mass is 318 g/mol. The van der Waals surface area contributed by atoms with E-state index < -0.39 is 0 Å². The van der Waals surface area contributed by atoms with Crippen molar-refractivity contribution in [1.82, 2.24) is 4.90 Å². The van der Waals surface area contributed by atoms with Gasteiger partial charge in [-0.15, -0.1) is 0 Å². The zero-order valence-electron chi connectivity index (χ0n) is 13.3. The fourth-order valence-corrected chi connectivity index (χ4v) is 3.08. The number of likely N-dealkylation sites (tertiary alicyclic amines) is 1. The Morgan fingerprint density at radius 2 is 1.91 bits per heavy atom. The number of carbonyl (C=O) groups is 2.